The van der Waals surface area contributed by atoms with Gasteiger partial charge in [0, 0.05) is 18.8 Å². The highest BCUT2D eigenvalue weighted by Crippen LogP contribution is 2.17. The van der Waals surface area contributed by atoms with Gasteiger partial charge in [0.05, 0.1) is 11.9 Å². The van der Waals surface area contributed by atoms with Gasteiger partial charge in [-0.3, -0.25) is 4.68 Å². The molecule has 62 valence electrons. The summed E-state index contributed by atoms with van der Waals surface area (Å²) in [7, 11) is 1.89. The second-order valence-corrected chi connectivity index (χ2v) is 2.66. The molecule has 0 radical (unpaired) electrons. The molecular formula is C7H9N5. The predicted octanol–water partition coefficient (Wildman–Crippen LogP) is 0.514. The van der Waals surface area contributed by atoms with E-state index in [9.17, 15) is 0 Å². The van der Waals surface area contributed by atoms with Gasteiger partial charge in [0.2, 0.25) is 0 Å². The minimum absolute atomic E-state index is 0.834. The van der Waals surface area contributed by atoms with Crippen LogP contribution in [0.15, 0.2) is 12.4 Å². The van der Waals surface area contributed by atoms with Crippen LogP contribution in [0.5, 0.6) is 0 Å². The summed E-state index contributed by atoms with van der Waals surface area (Å²) in [6, 6.07) is 0. The fraction of sp³-hybridized carbons (Fsp3) is 0.286. The van der Waals surface area contributed by atoms with E-state index in [0.717, 1.165) is 17.0 Å². The summed E-state index contributed by atoms with van der Waals surface area (Å²) in [6.07, 6.45) is 3.61. The quantitative estimate of drug-likeness (QED) is 0.666. The maximum Gasteiger partial charge on any atom is 0.116 e. The first kappa shape index (κ1) is 7.02. The van der Waals surface area contributed by atoms with Crippen LogP contribution < -0.4 is 0 Å². The average molecular weight is 163 g/mol. The average Bonchev–Trinajstić information content (AvgIpc) is 2.58. The van der Waals surface area contributed by atoms with Gasteiger partial charge in [-0.1, -0.05) is 0 Å². The Labute approximate surface area is 69.4 Å². The summed E-state index contributed by atoms with van der Waals surface area (Å²) in [6.45, 7) is 1.95. The van der Waals surface area contributed by atoms with E-state index in [4.69, 9.17) is 0 Å². The van der Waals surface area contributed by atoms with E-state index < -0.39 is 0 Å². The van der Waals surface area contributed by atoms with Crippen molar-refractivity contribution in [2.24, 2.45) is 7.05 Å². The van der Waals surface area contributed by atoms with Crippen molar-refractivity contribution in [1.29, 1.82) is 0 Å². The summed E-state index contributed by atoms with van der Waals surface area (Å²) >= 11 is 0. The van der Waals surface area contributed by atoms with Crippen molar-refractivity contribution in [2.45, 2.75) is 6.92 Å². The van der Waals surface area contributed by atoms with Crippen molar-refractivity contribution < 1.29 is 0 Å². The predicted molar refractivity (Wildman–Crippen MR) is 43.3 cm³/mol. The topological polar surface area (TPSA) is 59.4 Å². The molecule has 0 spiro atoms. The molecule has 0 bridgehead atoms. The van der Waals surface area contributed by atoms with Gasteiger partial charge in [-0.2, -0.15) is 20.5 Å². The van der Waals surface area contributed by atoms with Crippen LogP contribution in [0.25, 0.3) is 11.3 Å². The number of nitrogens with one attached hydrogen (secondary N) is 1. The smallest absolute Gasteiger partial charge is 0.116 e. The standard InChI is InChI=1S/C7H9N5/c1-5-6(4-12(2)10-5)7-3-8-11-9-7/h3-4H,1-2H3,(H,8,9,11). The highest BCUT2D eigenvalue weighted by molar-refractivity contribution is 5.59. The molecule has 12 heavy (non-hydrogen) atoms. The maximum absolute atomic E-state index is 4.20. The van der Waals surface area contributed by atoms with Gasteiger partial charge in [-0.25, -0.2) is 0 Å². The van der Waals surface area contributed by atoms with Crippen LogP contribution in [0.1, 0.15) is 5.69 Å². The number of aromatic nitrogens is 5. The van der Waals surface area contributed by atoms with Crippen molar-refractivity contribution >= 4 is 0 Å². The lowest BCUT2D eigenvalue weighted by Gasteiger charge is -1.87. The minimum Gasteiger partial charge on any atom is -0.275 e. The van der Waals surface area contributed by atoms with E-state index in [1.807, 2.05) is 20.2 Å². The third-order valence-electron chi connectivity index (χ3n) is 1.70. The molecule has 0 aliphatic carbocycles. The second-order valence-electron chi connectivity index (χ2n) is 2.66. The summed E-state index contributed by atoms with van der Waals surface area (Å²) in [5.74, 6) is 0. The van der Waals surface area contributed by atoms with Crippen molar-refractivity contribution in [2.75, 3.05) is 0 Å². The van der Waals surface area contributed by atoms with E-state index >= 15 is 0 Å². The normalized spacial score (nSPS) is 10.5. The van der Waals surface area contributed by atoms with Crippen LogP contribution >= 0.6 is 0 Å². The zero-order valence-corrected chi connectivity index (χ0v) is 6.94. The van der Waals surface area contributed by atoms with Crippen molar-refractivity contribution in [3.05, 3.63) is 18.1 Å². The number of aryl methyl sites for hydroxylation is 2. The van der Waals surface area contributed by atoms with Crippen LogP contribution in [-0.4, -0.2) is 25.2 Å². The van der Waals surface area contributed by atoms with Crippen LogP contribution in [0.2, 0.25) is 0 Å². The molecule has 2 aromatic rings. The second kappa shape index (κ2) is 2.44. The highest BCUT2D eigenvalue weighted by Gasteiger charge is 2.07. The lowest BCUT2D eigenvalue weighted by molar-refractivity contribution is 0.756. The lowest BCUT2D eigenvalue weighted by Crippen LogP contribution is -1.86. The van der Waals surface area contributed by atoms with Gasteiger partial charge in [-0.05, 0) is 6.92 Å². The summed E-state index contributed by atoms with van der Waals surface area (Å²) in [5, 5.41) is 14.5. The molecule has 0 unspecified atom stereocenters. The Morgan fingerprint density at radius 3 is 2.83 bits per heavy atom. The molecule has 2 rings (SSSR count). The molecule has 0 aromatic carbocycles. The number of hydrogen-bond donors (Lipinski definition) is 1. The highest BCUT2D eigenvalue weighted by atomic mass is 15.3. The molecule has 0 fully saturated rings. The van der Waals surface area contributed by atoms with Crippen LogP contribution in [0.3, 0.4) is 0 Å². The van der Waals surface area contributed by atoms with Crippen LogP contribution in [-0.2, 0) is 7.05 Å². The van der Waals surface area contributed by atoms with E-state index in [1.54, 1.807) is 10.9 Å². The first-order valence-electron chi connectivity index (χ1n) is 3.64. The fourth-order valence-corrected chi connectivity index (χ4v) is 1.18. The van der Waals surface area contributed by atoms with E-state index in [1.165, 1.54) is 0 Å². The number of rotatable bonds is 1. The van der Waals surface area contributed by atoms with Gasteiger partial charge >= 0.3 is 0 Å². The largest absolute Gasteiger partial charge is 0.275 e. The van der Waals surface area contributed by atoms with Crippen molar-refractivity contribution in [3.8, 4) is 11.3 Å². The first-order chi connectivity index (χ1) is 5.77. The molecule has 0 atom stereocenters. The van der Waals surface area contributed by atoms with Crippen LogP contribution in [0, 0.1) is 6.92 Å². The van der Waals surface area contributed by atoms with Gasteiger partial charge in [0.15, 0.2) is 0 Å². The number of nitrogens with zero attached hydrogens (tertiary/aromatic N) is 4. The molecule has 0 saturated heterocycles. The molecule has 2 heterocycles. The lowest BCUT2D eigenvalue weighted by atomic mass is 10.2. The maximum atomic E-state index is 4.20. The molecule has 0 aliphatic heterocycles. The molecule has 1 N–H and O–H groups in total. The third-order valence-corrected chi connectivity index (χ3v) is 1.70. The molecule has 0 amide bonds. The Morgan fingerprint density at radius 1 is 1.50 bits per heavy atom. The first-order valence-corrected chi connectivity index (χ1v) is 3.64. The van der Waals surface area contributed by atoms with Crippen LogP contribution in [0.4, 0.5) is 0 Å². The minimum atomic E-state index is 0.834. The summed E-state index contributed by atoms with van der Waals surface area (Å²) in [4.78, 5) is 0. The third kappa shape index (κ3) is 0.990. The zero-order chi connectivity index (χ0) is 8.55. The molecule has 0 saturated carbocycles. The van der Waals surface area contributed by atoms with Crippen molar-refractivity contribution in [3.63, 3.8) is 0 Å². The molecule has 0 aliphatic rings. The molecule has 5 heteroatoms. The number of H-pyrrole nitrogens is 1. The summed E-state index contributed by atoms with van der Waals surface area (Å²) < 4.78 is 1.76. The van der Waals surface area contributed by atoms with Gasteiger partial charge in [-0.15, -0.1) is 0 Å². The van der Waals surface area contributed by atoms with E-state index in [2.05, 4.69) is 20.5 Å². The van der Waals surface area contributed by atoms with Crippen molar-refractivity contribution in [1.82, 2.24) is 25.2 Å². The number of hydrogen-bond acceptors (Lipinski definition) is 3. The number of aromatic amines is 1. The Morgan fingerprint density at radius 2 is 2.33 bits per heavy atom. The Balaban J connectivity index is 2.54. The molecule has 5 nitrogen and oxygen atoms in total. The van der Waals surface area contributed by atoms with E-state index in [0.29, 0.717) is 0 Å². The fourth-order valence-electron chi connectivity index (χ4n) is 1.18. The summed E-state index contributed by atoms with van der Waals surface area (Å²) in [5.41, 5.74) is 2.82. The SMILES string of the molecule is Cc1nn(C)cc1-c1cn[nH]n1. The molecular weight excluding hydrogens is 154 g/mol. The van der Waals surface area contributed by atoms with Gasteiger partial charge in [0.25, 0.3) is 0 Å². The Bertz CT molecular complexity index is 372. The zero-order valence-electron chi connectivity index (χ0n) is 6.94. The van der Waals surface area contributed by atoms with E-state index in [-0.39, 0.29) is 0 Å². The molecule has 2 aromatic heterocycles. The Kier molecular flexibility index (Phi) is 1.43. The van der Waals surface area contributed by atoms with Gasteiger partial charge in [0.1, 0.15) is 5.69 Å². The Hall–Kier alpha value is -1.65. The van der Waals surface area contributed by atoms with Gasteiger partial charge < -0.3 is 0 Å². The monoisotopic (exact) mass is 163 g/mol.